The molecule has 0 bridgehead atoms. The molecular formula is C25H31F3N4O4. The first kappa shape index (κ1) is 27.3. The van der Waals surface area contributed by atoms with Gasteiger partial charge in [0.25, 0.3) is 0 Å². The van der Waals surface area contributed by atoms with Crippen LogP contribution < -0.4 is 20.7 Å². The van der Waals surface area contributed by atoms with Gasteiger partial charge in [-0.1, -0.05) is 6.92 Å². The van der Waals surface area contributed by atoms with Crippen LogP contribution in [-0.2, 0) is 17.4 Å². The molecular weight excluding hydrogens is 477 g/mol. The number of carbonyl (C=O) groups is 2. The number of urea groups is 1. The number of nitrogens with zero attached hydrogens (tertiary/aromatic N) is 1. The number of nitrogens with one attached hydrogen (secondary N) is 3. The number of fused-ring (bicyclic) bond motifs is 1. The third-order valence-electron chi connectivity index (χ3n) is 6.05. The van der Waals surface area contributed by atoms with Gasteiger partial charge < -0.3 is 30.7 Å². The second-order valence-electron chi connectivity index (χ2n) is 8.92. The summed E-state index contributed by atoms with van der Waals surface area (Å²) in [4.78, 5) is 27.2. The molecule has 0 spiro atoms. The van der Waals surface area contributed by atoms with Gasteiger partial charge in [0.05, 0.1) is 24.6 Å². The molecule has 2 aromatic rings. The maximum Gasteiger partial charge on any atom is 0.416 e. The van der Waals surface area contributed by atoms with Gasteiger partial charge in [-0.3, -0.25) is 4.79 Å². The number of halogens is 3. The van der Waals surface area contributed by atoms with Crippen molar-refractivity contribution in [1.29, 1.82) is 0 Å². The monoisotopic (exact) mass is 508 g/mol. The maximum absolute atomic E-state index is 13.1. The summed E-state index contributed by atoms with van der Waals surface area (Å²) >= 11 is 0. The van der Waals surface area contributed by atoms with Gasteiger partial charge in [0, 0.05) is 35.9 Å². The van der Waals surface area contributed by atoms with Crippen LogP contribution in [0.1, 0.15) is 25.0 Å². The number of rotatable bonds is 6. The van der Waals surface area contributed by atoms with Crippen molar-refractivity contribution < 1.29 is 32.6 Å². The van der Waals surface area contributed by atoms with Gasteiger partial charge in [-0.2, -0.15) is 13.2 Å². The minimum absolute atomic E-state index is 0.00864. The lowest BCUT2D eigenvalue weighted by Gasteiger charge is -2.32. The van der Waals surface area contributed by atoms with E-state index < -0.39 is 17.8 Å². The number of amides is 3. The zero-order valence-corrected chi connectivity index (χ0v) is 20.4. The topological polar surface area (TPSA) is 103 Å². The number of aliphatic hydroxyl groups is 1. The summed E-state index contributed by atoms with van der Waals surface area (Å²) in [7, 11) is 1.81. The van der Waals surface area contributed by atoms with E-state index in [2.05, 4.69) is 16.0 Å². The van der Waals surface area contributed by atoms with Crippen LogP contribution in [0.2, 0.25) is 0 Å². The fraction of sp³-hybridized carbons (Fsp3) is 0.440. The molecule has 3 atom stereocenters. The van der Waals surface area contributed by atoms with Crippen molar-refractivity contribution in [2.45, 2.75) is 38.6 Å². The number of anilines is 2. The number of ether oxygens (including phenoxy) is 1. The molecule has 0 fully saturated rings. The van der Waals surface area contributed by atoms with E-state index >= 15 is 0 Å². The van der Waals surface area contributed by atoms with Gasteiger partial charge in [0.1, 0.15) is 11.9 Å². The minimum Gasteiger partial charge on any atom is -0.488 e. The van der Waals surface area contributed by atoms with Crippen LogP contribution in [0.15, 0.2) is 42.5 Å². The van der Waals surface area contributed by atoms with E-state index in [9.17, 15) is 27.9 Å². The third-order valence-corrected chi connectivity index (χ3v) is 6.05. The minimum atomic E-state index is -4.46. The SMILES string of the molecule is CNC[C@@H]1Oc2ccc(NC(=O)Nc3ccc(C(F)(F)F)cc3)cc2CC(=O)N([C@@H](C)CO)C[C@H]1C. The van der Waals surface area contributed by atoms with E-state index in [4.69, 9.17) is 4.74 Å². The summed E-state index contributed by atoms with van der Waals surface area (Å²) < 4.78 is 44.5. The number of hydrogen-bond acceptors (Lipinski definition) is 5. The molecule has 196 valence electrons. The Labute approximate surface area is 207 Å². The standard InChI is InChI=1S/C25H31F3N4O4/c1-15-13-32(16(2)14-33)23(34)11-17-10-20(8-9-21(17)36-22(15)12-29-3)31-24(35)30-19-6-4-18(5-7-19)25(26,27)28/h4-10,15-16,22,29,33H,11-14H2,1-3H3,(H2,30,31,35)/t15-,16+,22+/m1/s1. The summed E-state index contributed by atoms with van der Waals surface area (Å²) in [6.07, 6.45) is -4.70. The van der Waals surface area contributed by atoms with Gasteiger partial charge in [-0.15, -0.1) is 0 Å². The van der Waals surface area contributed by atoms with Crippen LogP contribution in [0.4, 0.5) is 29.3 Å². The third kappa shape index (κ3) is 6.88. The first-order valence-corrected chi connectivity index (χ1v) is 11.6. The van der Waals surface area contributed by atoms with E-state index in [1.54, 1.807) is 30.0 Å². The number of carbonyl (C=O) groups excluding carboxylic acids is 2. The predicted octanol–water partition coefficient (Wildman–Crippen LogP) is 3.72. The van der Waals surface area contributed by atoms with Crippen molar-refractivity contribution in [3.05, 3.63) is 53.6 Å². The highest BCUT2D eigenvalue weighted by atomic mass is 19.4. The average molecular weight is 509 g/mol. The molecule has 2 aromatic carbocycles. The second kappa shape index (κ2) is 11.6. The molecule has 0 aliphatic carbocycles. The van der Waals surface area contributed by atoms with Crippen molar-refractivity contribution in [3.8, 4) is 5.75 Å². The van der Waals surface area contributed by atoms with Gasteiger partial charge >= 0.3 is 12.2 Å². The van der Waals surface area contributed by atoms with Crippen molar-refractivity contribution >= 4 is 23.3 Å². The molecule has 3 rings (SSSR count). The Balaban J connectivity index is 1.80. The van der Waals surface area contributed by atoms with Crippen molar-refractivity contribution in [2.24, 2.45) is 5.92 Å². The van der Waals surface area contributed by atoms with E-state index in [1.807, 2.05) is 14.0 Å². The zero-order chi connectivity index (χ0) is 26.5. The van der Waals surface area contributed by atoms with Crippen LogP contribution in [0.3, 0.4) is 0 Å². The van der Waals surface area contributed by atoms with Crippen molar-refractivity contribution in [2.75, 3.05) is 37.4 Å². The second-order valence-corrected chi connectivity index (χ2v) is 8.92. The summed E-state index contributed by atoms with van der Waals surface area (Å²) in [6.45, 7) is 4.56. The first-order valence-electron chi connectivity index (χ1n) is 11.6. The Hall–Kier alpha value is -3.31. The summed E-state index contributed by atoms with van der Waals surface area (Å²) in [5.41, 5.74) is 0.330. The fourth-order valence-electron chi connectivity index (χ4n) is 3.99. The van der Waals surface area contributed by atoms with Gasteiger partial charge in [0.2, 0.25) is 5.91 Å². The van der Waals surface area contributed by atoms with Gasteiger partial charge in [-0.05, 0) is 56.4 Å². The quantitative estimate of drug-likeness (QED) is 0.477. The lowest BCUT2D eigenvalue weighted by Crippen LogP contribution is -2.47. The molecule has 0 saturated heterocycles. The number of likely N-dealkylation sites (N-methyl/N-ethyl adjacent to an activating group) is 1. The maximum atomic E-state index is 13.1. The van der Waals surface area contributed by atoms with Crippen molar-refractivity contribution in [1.82, 2.24) is 10.2 Å². The molecule has 8 nitrogen and oxygen atoms in total. The van der Waals surface area contributed by atoms with Crippen LogP contribution in [0.5, 0.6) is 5.75 Å². The van der Waals surface area contributed by atoms with Gasteiger partial charge in [0.15, 0.2) is 0 Å². The Morgan fingerprint density at radius 1 is 1.17 bits per heavy atom. The molecule has 0 radical (unpaired) electrons. The van der Waals surface area contributed by atoms with Crippen LogP contribution in [-0.4, -0.2) is 60.8 Å². The zero-order valence-electron chi connectivity index (χ0n) is 20.4. The number of hydrogen-bond donors (Lipinski definition) is 4. The number of benzene rings is 2. The van der Waals surface area contributed by atoms with Crippen LogP contribution in [0.25, 0.3) is 0 Å². The first-order chi connectivity index (χ1) is 17.0. The molecule has 1 heterocycles. The number of alkyl halides is 3. The predicted molar refractivity (Wildman–Crippen MR) is 130 cm³/mol. The van der Waals surface area contributed by atoms with Crippen LogP contribution >= 0.6 is 0 Å². The Kier molecular flexibility index (Phi) is 8.80. The lowest BCUT2D eigenvalue weighted by atomic mass is 10.0. The molecule has 0 saturated carbocycles. The fourth-order valence-corrected chi connectivity index (χ4v) is 3.99. The smallest absolute Gasteiger partial charge is 0.416 e. The highest BCUT2D eigenvalue weighted by molar-refractivity contribution is 6.00. The van der Waals surface area contributed by atoms with E-state index in [0.29, 0.717) is 30.1 Å². The van der Waals surface area contributed by atoms with Gasteiger partial charge in [-0.25, -0.2) is 4.79 Å². The molecule has 1 aliphatic rings. The highest BCUT2D eigenvalue weighted by Crippen LogP contribution is 2.31. The Bertz CT molecular complexity index is 1060. The molecule has 4 N–H and O–H groups in total. The molecule has 0 unspecified atom stereocenters. The highest BCUT2D eigenvalue weighted by Gasteiger charge is 2.31. The van der Waals surface area contributed by atoms with E-state index in [0.717, 1.165) is 12.1 Å². The molecule has 0 aromatic heterocycles. The molecule has 36 heavy (non-hydrogen) atoms. The largest absolute Gasteiger partial charge is 0.488 e. The normalized spacial score (nSPS) is 19.3. The Morgan fingerprint density at radius 2 is 1.81 bits per heavy atom. The van der Waals surface area contributed by atoms with Crippen molar-refractivity contribution in [3.63, 3.8) is 0 Å². The summed E-state index contributed by atoms with van der Waals surface area (Å²) in [6, 6.07) is 8.02. The molecule has 1 aliphatic heterocycles. The molecule has 11 heteroatoms. The summed E-state index contributed by atoms with van der Waals surface area (Å²) in [5, 5.41) is 17.9. The lowest BCUT2D eigenvalue weighted by molar-refractivity contribution is -0.137. The Morgan fingerprint density at radius 3 is 2.42 bits per heavy atom. The summed E-state index contributed by atoms with van der Waals surface area (Å²) in [5.74, 6) is 0.320. The van der Waals surface area contributed by atoms with E-state index in [-0.39, 0.29) is 42.7 Å². The van der Waals surface area contributed by atoms with Crippen LogP contribution in [0, 0.1) is 5.92 Å². The number of aliphatic hydroxyl groups excluding tert-OH is 1. The average Bonchev–Trinajstić information content (AvgIpc) is 2.86. The van der Waals surface area contributed by atoms with E-state index in [1.165, 1.54) is 12.1 Å². The molecule has 3 amide bonds.